The van der Waals surface area contributed by atoms with Crippen LogP contribution >= 0.6 is 7.82 Å². The van der Waals surface area contributed by atoms with Crippen molar-refractivity contribution in [3.63, 3.8) is 0 Å². The van der Waals surface area contributed by atoms with Gasteiger partial charge in [0.2, 0.25) is 0 Å². The van der Waals surface area contributed by atoms with E-state index in [-0.39, 0.29) is 22.9 Å². The van der Waals surface area contributed by atoms with Crippen molar-refractivity contribution in [2.45, 2.75) is 124 Å². The Morgan fingerprint density at radius 3 is 1.64 bits per heavy atom. The molecule has 0 spiro atoms. The molecule has 0 heterocycles. The van der Waals surface area contributed by atoms with Crippen molar-refractivity contribution in [2.75, 3.05) is 6.61 Å². The molecule has 0 aliphatic rings. The van der Waals surface area contributed by atoms with Crippen LogP contribution in [0.4, 0.5) is 0 Å². The molecule has 0 saturated carbocycles. The zero-order valence-corrected chi connectivity index (χ0v) is 23.8. The Hall–Kier alpha value is -0.710. The molecular weight excluding hydrogens is 435 g/mol. The number of rotatable bonds is 9. The van der Waals surface area contributed by atoms with Gasteiger partial charge in [-0.2, -0.15) is 0 Å². The predicted octanol–water partition coefficient (Wildman–Crippen LogP) is 7.31. The molecule has 33 heavy (non-hydrogen) atoms. The number of aliphatic hydroxyl groups is 1. The summed E-state index contributed by atoms with van der Waals surface area (Å²) in [7, 11) is -4.67. The van der Waals surface area contributed by atoms with Crippen LogP contribution in [0.5, 0.6) is 0 Å². The summed E-state index contributed by atoms with van der Waals surface area (Å²) in [6.45, 7) is 23.4. The maximum atomic E-state index is 12.1. The summed E-state index contributed by atoms with van der Waals surface area (Å²) < 4.78 is 16.7. The molecular formula is C27H49O5P. The van der Waals surface area contributed by atoms with Crippen LogP contribution < -0.4 is 0 Å². The lowest BCUT2D eigenvalue weighted by Crippen LogP contribution is -2.37. The minimum atomic E-state index is -4.67. The summed E-state index contributed by atoms with van der Waals surface area (Å²) in [6.07, 6.45) is 2.01. The monoisotopic (exact) mass is 484 g/mol. The molecule has 0 aliphatic carbocycles. The summed E-state index contributed by atoms with van der Waals surface area (Å²) in [5, 5.41) is 12.1. The van der Waals surface area contributed by atoms with Gasteiger partial charge in [-0.3, -0.25) is 4.52 Å². The van der Waals surface area contributed by atoms with Crippen LogP contribution in [0.15, 0.2) is 12.1 Å². The molecule has 3 N–H and O–H groups in total. The summed E-state index contributed by atoms with van der Waals surface area (Å²) in [4.78, 5) is 18.9. The summed E-state index contributed by atoms with van der Waals surface area (Å²) in [5.41, 5.74) is 2.94. The fraction of sp³-hybridized carbons (Fsp3) is 0.778. The van der Waals surface area contributed by atoms with Crippen molar-refractivity contribution < 1.29 is 24.0 Å². The number of benzene rings is 1. The molecule has 2 unspecified atom stereocenters. The Morgan fingerprint density at radius 1 is 0.879 bits per heavy atom. The molecule has 0 aliphatic heterocycles. The van der Waals surface area contributed by atoms with E-state index in [1.54, 1.807) is 0 Å². The van der Waals surface area contributed by atoms with E-state index in [1.807, 2.05) is 6.92 Å². The Labute approximate surface area is 202 Å². The minimum absolute atomic E-state index is 0.0585. The van der Waals surface area contributed by atoms with E-state index in [0.717, 1.165) is 29.5 Å². The lowest BCUT2D eigenvalue weighted by Gasteiger charge is -2.42. The van der Waals surface area contributed by atoms with Crippen molar-refractivity contribution in [2.24, 2.45) is 5.41 Å². The molecule has 1 aromatic carbocycles. The quantitative estimate of drug-likeness (QED) is 0.320. The summed E-state index contributed by atoms with van der Waals surface area (Å²) in [6, 6.07) is 4.44. The predicted molar refractivity (Wildman–Crippen MR) is 138 cm³/mol. The lowest BCUT2D eigenvalue weighted by molar-refractivity contribution is -0.0310. The largest absolute Gasteiger partial charge is 0.469 e. The highest BCUT2D eigenvalue weighted by atomic mass is 31.2. The second-order valence-electron chi connectivity index (χ2n) is 12.7. The van der Waals surface area contributed by atoms with Gasteiger partial charge < -0.3 is 14.9 Å². The van der Waals surface area contributed by atoms with Crippen molar-refractivity contribution in [3.05, 3.63) is 34.4 Å². The van der Waals surface area contributed by atoms with Gasteiger partial charge in [0.1, 0.15) is 0 Å². The fourth-order valence-electron chi connectivity index (χ4n) is 4.43. The van der Waals surface area contributed by atoms with Crippen LogP contribution in [0.25, 0.3) is 0 Å². The SMILES string of the molecule is CCCCC(CC)(COP(=O)(O)O)C(O)c1c(C(C)(C)C)cc(C(C)(C)C)cc1C(C)(C)C. The van der Waals surface area contributed by atoms with Crippen molar-refractivity contribution in [1.82, 2.24) is 0 Å². The van der Waals surface area contributed by atoms with Gasteiger partial charge in [0.05, 0.1) is 12.7 Å². The highest BCUT2D eigenvalue weighted by Gasteiger charge is 2.43. The second kappa shape index (κ2) is 10.5. The maximum Gasteiger partial charge on any atom is 0.469 e. The summed E-state index contributed by atoms with van der Waals surface area (Å²) in [5.74, 6) is 0. The van der Waals surface area contributed by atoms with Crippen LogP contribution in [0.3, 0.4) is 0 Å². The third-order valence-corrected chi connectivity index (χ3v) is 7.23. The molecule has 0 amide bonds. The number of aliphatic hydroxyl groups excluding tert-OH is 1. The number of phosphoric acid groups is 1. The first kappa shape index (κ1) is 30.3. The minimum Gasteiger partial charge on any atom is -0.388 e. The zero-order valence-electron chi connectivity index (χ0n) is 22.9. The first-order valence-electron chi connectivity index (χ1n) is 12.3. The molecule has 0 bridgehead atoms. The van der Waals surface area contributed by atoms with Gasteiger partial charge in [0, 0.05) is 5.41 Å². The van der Waals surface area contributed by atoms with Gasteiger partial charge >= 0.3 is 7.82 Å². The van der Waals surface area contributed by atoms with E-state index in [9.17, 15) is 19.5 Å². The molecule has 0 fully saturated rings. The molecule has 0 radical (unpaired) electrons. The first-order valence-corrected chi connectivity index (χ1v) is 13.8. The second-order valence-corrected chi connectivity index (χ2v) is 14.0. The average molecular weight is 485 g/mol. The Morgan fingerprint density at radius 2 is 1.33 bits per heavy atom. The summed E-state index contributed by atoms with van der Waals surface area (Å²) >= 11 is 0. The van der Waals surface area contributed by atoms with Crippen molar-refractivity contribution in [1.29, 1.82) is 0 Å². The van der Waals surface area contributed by atoms with Crippen LogP contribution in [0, 0.1) is 5.41 Å². The van der Waals surface area contributed by atoms with E-state index >= 15 is 0 Å². The van der Waals surface area contributed by atoms with Crippen LogP contribution in [-0.2, 0) is 25.3 Å². The van der Waals surface area contributed by atoms with Gasteiger partial charge in [-0.25, -0.2) is 4.57 Å². The molecule has 2 atom stereocenters. The van der Waals surface area contributed by atoms with Gasteiger partial charge in [0.15, 0.2) is 0 Å². The number of unbranched alkanes of at least 4 members (excludes halogenated alkanes) is 1. The highest BCUT2D eigenvalue weighted by molar-refractivity contribution is 7.46. The number of hydrogen-bond acceptors (Lipinski definition) is 3. The fourth-order valence-corrected chi connectivity index (χ4v) is 4.85. The third kappa shape index (κ3) is 7.90. The Bertz CT molecular complexity index is 801. The van der Waals surface area contributed by atoms with Crippen molar-refractivity contribution in [3.8, 4) is 0 Å². The van der Waals surface area contributed by atoms with Crippen LogP contribution in [0.2, 0.25) is 0 Å². The maximum absolute atomic E-state index is 12.1. The average Bonchev–Trinajstić information content (AvgIpc) is 2.64. The van der Waals surface area contributed by atoms with E-state index in [4.69, 9.17) is 4.52 Å². The lowest BCUT2D eigenvalue weighted by atomic mass is 9.65. The third-order valence-electron chi connectivity index (χ3n) is 6.77. The van der Waals surface area contributed by atoms with Gasteiger partial charge in [-0.15, -0.1) is 0 Å². The normalized spacial score (nSPS) is 16.5. The number of hydrogen-bond donors (Lipinski definition) is 3. The molecule has 1 rings (SSSR count). The van der Waals surface area contributed by atoms with Gasteiger partial charge in [-0.05, 0) is 51.3 Å². The van der Waals surface area contributed by atoms with Crippen LogP contribution in [0.1, 0.15) is 130 Å². The van der Waals surface area contributed by atoms with Gasteiger partial charge in [0.25, 0.3) is 0 Å². The Kier molecular flexibility index (Phi) is 9.65. The smallest absolute Gasteiger partial charge is 0.388 e. The van der Waals surface area contributed by atoms with Gasteiger partial charge in [-0.1, -0.05) is 101 Å². The van der Waals surface area contributed by atoms with E-state index in [1.165, 1.54) is 5.56 Å². The van der Waals surface area contributed by atoms with E-state index in [2.05, 4.69) is 81.4 Å². The standard InChI is InChI=1S/C27H49O5P/c1-12-14-15-27(13-2,18-32-33(29,30)31)23(28)22-20(25(6,7)8)16-19(24(3,4)5)17-21(22)26(9,10)11/h16-17,23,28H,12-15,18H2,1-11H3,(H2,29,30,31). The molecule has 0 saturated heterocycles. The van der Waals surface area contributed by atoms with E-state index in [0.29, 0.717) is 12.8 Å². The molecule has 1 aromatic rings. The molecule has 6 heteroatoms. The highest BCUT2D eigenvalue weighted by Crippen LogP contribution is 2.51. The topological polar surface area (TPSA) is 87.0 Å². The molecule has 0 aromatic heterocycles. The zero-order chi connectivity index (χ0) is 26.0. The van der Waals surface area contributed by atoms with Crippen LogP contribution in [-0.4, -0.2) is 21.5 Å². The number of phosphoric ester groups is 1. The Balaban J connectivity index is 3.98. The first-order chi connectivity index (χ1) is 14.7. The van der Waals surface area contributed by atoms with E-state index < -0.39 is 19.3 Å². The molecule has 5 nitrogen and oxygen atoms in total. The van der Waals surface area contributed by atoms with Crippen molar-refractivity contribution >= 4 is 7.82 Å². The molecule has 192 valence electrons.